The standard InChI is InChI=1S/C13H15NO4/c1-9(15)14-12(8-13(16)18-3)10-4-6-11(17-2)7-5-10/h4-8H,1-3H3,(H,14,15). The van der Waals surface area contributed by atoms with E-state index < -0.39 is 5.97 Å². The molecule has 0 saturated carbocycles. The van der Waals surface area contributed by atoms with Crippen LogP contribution < -0.4 is 10.1 Å². The number of nitrogens with one attached hydrogen (secondary N) is 1. The first-order chi connectivity index (χ1) is 8.56. The Labute approximate surface area is 105 Å². The number of methoxy groups -OCH3 is 2. The quantitative estimate of drug-likeness (QED) is 0.646. The highest BCUT2D eigenvalue weighted by atomic mass is 16.5. The second-order valence-electron chi connectivity index (χ2n) is 3.49. The summed E-state index contributed by atoms with van der Waals surface area (Å²) in [5.74, 6) is -0.102. The van der Waals surface area contributed by atoms with E-state index in [-0.39, 0.29) is 5.91 Å². The summed E-state index contributed by atoms with van der Waals surface area (Å²) in [4.78, 5) is 22.3. The van der Waals surface area contributed by atoms with Gasteiger partial charge in [0.25, 0.3) is 0 Å². The minimum absolute atomic E-state index is 0.263. The van der Waals surface area contributed by atoms with Crippen LogP contribution in [0.4, 0.5) is 0 Å². The minimum atomic E-state index is -0.533. The highest BCUT2D eigenvalue weighted by molar-refractivity contribution is 5.95. The van der Waals surface area contributed by atoms with Crippen LogP contribution in [0, 0.1) is 0 Å². The molecule has 0 atom stereocenters. The van der Waals surface area contributed by atoms with E-state index in [4.69, 9.17) is 4.74 Å². The number of benzene rings is 1. The SMILES string of the molecule is COC(=O)C=C(NC(C)=O)c1ccc(OC)cc1. The van der Waals surface area contributed by atoms with E-state index in [9.17, 15) is 9.59 Å². The van der Waals surface area contributed by atoms with Gasteiger partial charge in [-0.2, -0.15) is 0 Å². The summed E-state index contributed by atoms with van der Waals surface area (Å²) in [5, 5.41) is 2.58. The second kappa shape index (κ2) is 6.44. The predicted octanol–water partition coefficient (Wildman–Crippen LogP) is 1.35. The van der Waals surface area contributed by atoms with Crippen LogP contribution in [0.3, 0.4) is 0 Å². The van der Waals surface area contributed by atoms with Crippen LogP contribution in [0.25, 0.3) is 5.70 Å². The van der Waals surface area contributed by atoms with Gasteiger partial charge in [0.2, 0.25) is 5.91 Å². The highest BCUT2D eigenvalue weighted by Gasteiger charge is 2.07. The Kier molecular flexibility index (Phi) is 4.92. The minimum Gasteiger partial charge on any atom is -0.497 e. The smallest absolute Gasteiger partial charge is 0.332 e. The Bertz CT molecular complexity index is 462. The summed E-state index contributed by atoms with van der Waals surface area (Å²) in [6.07, 6.45) is 1.23. The van der Waals surface area contributed by atoms with E-state index in [0.29, 0.717) is 17.0 Å². The third-order valence-corrected chi connectivity index (χ3v) is 2.18. The van der Waals surface area contributed by atoms with Crippen LogP contribution in [-0.2, 0) is 14.3 Å². The fraction of sp³-hybridized carbons (Fsp3) is 0.231. The van der Waals surface area contributed by atoms with Gasteiger partial charge in [-0.15, -0.1) is 0 Å². The van der Waals surface area contributed by atoms with Crippen LogP contribution in [0.2, 0.25) is 0 Å². The summed E-state index contributed by atoms with van der Waals surface area (Å²) < 4.78 is 9.57. The zero-order valence-corrected chi connectivity index (χ0v) is 10.5. The summed E-state index contributed by atoms with van der Waals surface area (Å²) in [6.45, 7) is 1.37. The third kappa shape index (κ3) is 3.93. The monoisotopic (exact) mass is 249 g/mol. The molecule has 1 rings (SSSR count). The molecule has 0 spiro atoms. The van der Waals surface area contributed by atoms with E-state index >= 15 is 0 Å². The molecule has 0 radical (unpaired) electrons. The Morgan fingerprint density at radius 1 is 1.17 bits per heavy atom. The molecule has 0 unspecified atom stereocenters. The number of carbonyl (C=O) groups is 2. The molecule has 18 heavy (non-hydrogen) atoms. The van der Waals surface area contributed by atoms with Gasteiger partial charge in [0.15, 0.2) is 0 Å². The van der Waals surface area contributed by atoms with Gasteiger partial charge in [0.05, 0.1) is 19.9 Å². The van der Waals surface area contributed by atoms with Crippen molar-refractivity contribution in [3.63, 3.8) is 0 Å². The average Bonchev–Trinajstić information content (AvgIpc) is 2.37. The number of amides is 1. The molecule has 0 aliphatic carbocycles. The van der Waals surface area contributed by atoms with Gasteiger partial charge in [-0.3, -0.25) is 4.79 Å². The van der Waals surface area contributed by atoms with Crippen molar-refractivity contribution in [3.8, 4) is 5.75 Å². The number of carbonyl (C=O) groups excluding carboxylic acids is 2. The average molecular weight is 249 g/mol. The number of esters is 1. The fourth-order valence-corrected chi connectivity index (χ4v) is 1.33. The summed E-state index contributed by atoms with van der Waals surface area (Å²) in [7, 11) is 2.84. The van der Waals surface area contributed by atoms with Gasteiger partial charge in [0, 0.05) is 13.0 Å². The van der Waals surface area contributed by atoms with Crippen molar-refractivity contribution >= 4 is 17.6 Å². The Morgan fingerprint density at radius 2 is 1.78 bits per heavy atom. The lowest BCUT2D eigenvalue weighted by molar-refractivity contribution is -0.134. The molecule has 0 aliphatic heterocycles. The van der Waals surface area contributed by atoms with E-state index in [1.165, 1.54) is 20.1 Å². The first-order valence-electron chi connectivity index (χ1n) is 5.28. The van der Waals surface area contributed by atoms with E-state index in [2.05, 4.69) is 10.1 Å². The molecule has 96 valence electrons. The summed E-state index contributed by atoms with van der Waals surface area (Å²) >= 11 is 0. The molecule has 1 aromatic carbocycles. The molecule has 1 aromatic rings. The Morgan fingerprint density at radius 3 is 2.22 bits per heavy atom. The molecule has 1 N–H and O–H groups in total. The van der Waals surface area contributed by atoms with Gasteiger partial charge < -0.3 is 14.8 Å². The lowest BCUT2D eigenvalue weighted by Crippen LogP contribution is -2.19. The third-order valence-electron chi connectivity index (χ3n) is 2.18. The molecule has 5 nitrogen and oxygen atoms in total. The first-order valence-corrected chi connectivity index (χ1v) is 5.28. The van der Waals surface area contributed by atoms with Crippen molar-refractivity contribution in [2.24, 2.45) is 0 Å². The van der Waals surface area contributed by atoms with E-state index in [1.54, 1.807) is 31.4 Å². The highest BCUT2D eigenvalue weighted by Crippen LogP contribution is 2.17. The zero-order valence-electron chi connectivity index (χ0n) is 10.5. The van der Waals surface area contributed by atoms with Crippen molar-refractivity contribution in [1.29, 1.82) is 0 Å². The molecule has 1 amide bonds. The van der Waals surface area contributed by atoms with Crippen LogP contribution in [0.5, 0.6) is 5.75 Å². The van der Waals surface area contributed by atoms with Gasteiger partial charge in [0.1, 0.15) is 5.75 Å². The topological polar surface area (TPSA) is 64.6 Å². The van der Waals surface area contributed by atoms with Gasteiger partial charge in [-0.05, 0) is 29.8 Å². The van der Waals surface area contributed by atoms with Gasteiger partial charge in [-0.1, -0.05) is 0 Å². The van der Waals surface area contributed by atoms with Crippen molar-refractivity contribution in [1.82, 2.24) is 5.32 Å². The lowest BCUT2D eigenvalue weighted by atomic mass is 10.1. The number of hydrogen-bond acceptors (Lipinski definition) is 4. The molecule has 0 heterocycles. The number of ether oxygens (including phenoxy) is 2. The fourth-order valence-electron chi connectivity index (χ4n) is 1.33. The van der Waals surface area contributed by atoms with E-state index in [1.807, 2.05) is 0 Å². The van der Waals surface area contributed by atoms with Crippen LogP contribution in [-0.4, -0.2) is 26.1 Å². The molecular formula is C13H15NO4. The van der Waals surface area contributed by atoms with Crippen LogP contribution in [0.1, 0.15) is 12.5 Å². The van der Waals surface area contributed by atoms with Crippen LogP contribution >= 0.6 is 0 Å². The lowest BCUT2D eigenvalue weighted by Gasteiger charge is -2.09. The van der Waals surface area contributed by atoms with Crippen molar-refractivity contribution < 1.29 is 19.1 Å². The first kappa shape index (κ1) is 13.8. The molecule has 0 bridgehead atoms. The Hall–Kier alpha value is -2.30. The molecule has 0 saturated heterocycles. The maximum Gasteiger partial charge on any atom is 0.332 e. The van der Waals surface area contributed by atoms with E-state index in [0.717, 1.165) is 0 Å². The van der Waals surface area contributed by atoms with Crippen molar-refractivity contribution in [3.05, 3.63) is 35.9 Å². The zero-order chi connectivity index (χ0) is 13.5. The molecular weight excluding hydrogens is 234 g/mol. The predicted molar refractivity (Wildman–Crippen MR) is 66.8 cm³/mol. The summed E-state index contributed by atoms with van der Waals surface area (Å²) in [6, 6.07) is 6.96. The Balaban J connectivity index is 3.04. The van der Waals surface area contributed by atoms with Gasteiger partial charge in [-0.25, -0.2) is 4.79 Å². The number of hydrogen-bond donors (Lipinski definition) is 1. The maximum absolute atomic E-state index is 11.2. The molecule has 0 aliphatic rings. The summed E-state index contributed by atoms with van der Waals surface area (Å²) in [5.41, 5.74) is 1.08. The second-order valence-corrected chi connectivity index (χ2v) is 3.49. The molecule has 5 heteroatoms. The van der Waals surface area contributed by atoms with Crippen molar-refractivity contribution in [2.45, 2.75) is 6.92 Å². The number of rotatable bonds is 4. The van der Waals surface area contributed by atoms with Gasteiger partial charge >= 0.3 is 5.97 Å². The maximum atomic E-state index is 11.2. The van der Waals surface area contributed by atoms with Crippen molar-refractivity contribution in [2.75, 3.05) is 14.2 Å². The molecule has 0 aromatic heterocycles. The van der Waals surface area contributed by atoms with Crippen LogP contribution in [0.15, 0.2) is 30.3 Å². The largest absolute Gasteiger partial charge is 0.497 e. The molecule has 0 fully saturated rings. The normalized spacial score (nSPS) is 10.7.